The minimum atomic E-state index is -3.02. The summed E-state index contributed by atoms with van der Waals surface area (Å²) in [6.07, 6.45) is 8.08. The molecule has 6 heteroatoms. The van der Waals surface area contributed by atoms with Gasteiger partial charge in [0.15, 0.2) is 0 Å². The number of rotatable bonds is 12. The molecule has 0 aliphatic carbocycles. The fourth-order valence-corrected chi connectivity index (χ4v) is 2.32. The van der Waals surface area contributed by atoms with E-state index in [4.69, 9.17) is 0 Å². The van der Waals surface area contributed by atoms with Crippen LogP contribution in [0.3, 0.4) is 0 Å². The Morgan fingerprint density at radius 3 is 1.50 bits per heavy atom. The summed E-state index contributed by atoms with van der Waals surface area (Å²) in [4.78, 5) is 22.6. The Hall–Kier alpha value is -0.830. The van der Waals surface area contributed by atoms with Gasteiger partial charge in [0.1, 0.15) is 0 Å². The molecule has 5 nitrogen and oxygen atoms in total. The lowest BCUT2D eigenvalue weighted by molar-refractivity contribution is -0.138. The van der Waals surface area contributed by atoms with Gasteiger partial charge in [-0.3, -0.25) is 9.59 Å². The highest BCUT2D eigenvalue weighted by molar-refractivity contribution is 7.34. The smallest absolute Gasteiger partial charge is 0.385 e. The van der Waals surface area contributed by atoms with Gasteiger partial charge in [-0.2, -0.15) is 0 Å². The van der Waals surface area contributed by atoms with E-state index in [1.54, 1.807) is 0 Å². The standard InChI is InChI=1S/C14H27O5P/c1-3-5-7-9-11-13(15)18-20(17)19-14(16)12-10-8-6-4-2/h20H,3-12H2,1-2H3. The van der Waals surface area contributed by atoms with E-state index in [2.05, 4.69) is 22.9 Å². The van der Waals surface area contributed by atoms with Crippen LogP contribution < -0.4 is 0 Å². The van der Waals surface area contributed by atoms with E-state index in [0.717, 1.165) is 38.5 Å². The van der Waals surface area contributed by atoms with Crippen molar-refractivity contribution in [2.24, 2.45) is 0 Å². The Morgan fingerprint density at radius 2 is 1.15 bits per heavy atom. The Balaban J connectivity index is 3.64. The van der Waals surface area contributed by atoms with Crippen molar-refractivity contribution in [2.45, 2.75) is 78.1 Å². The molecule has 0 saturated carbocycles. The molecule has 0 rings (SSSR count). The van der Waals surface area contributed by atoms with Gasteiger partial charge in [-0.1, -0.05) is 52.4 Å². The highest BCUT2D eigenvalue weighted by atomic mass is 31.1. The molecule has 0 spiro atoms. The predicted octanol–water partition coefficient (Wildman–Crippen LogP) is 4.40. The summed E-state index contributed by atoms with van der Waals surface area (Å²) in [6.45, 7) is 4.16. The van der Waals surface area contributed by atoms with E-state index in [1.807, 2.05) is 0 Å². The van der Waals surface area contributed by atoms with Gasteiger partial charge in [-0.05, 0) is 12.8 Å². The van der Waals surface area contributed by atoms with Crippen molar-refractivity contribution in [3.63, 3.8) is 0 Å². The summed E-state index contributed by atoms with van der Waals surface area (Å²) in [5.74, 6) is -1.10. The average molecular weight is 306 g/mol. The van der Waals surface area contributed by atoms with Crippen molar-refractivity contribution in [3.8, 4) is 0 Å². The molecule has 0 radical (unpaired) electrons. The molecule has 0 bridgehead atoms. The summed E-state index contributed by atoms with van der Waals surface area (Å²) < 4.78 is 20.5. The van der Waals surface area contributed by atoms with Crippen LogP contribution in [-0.4, -0.2) is 11.9 Å². The van der Waals surface area contributed by atoms with Crippen molar-refractivity contribution in [3.05, 3.63) is 0 Å². The largest absolute Gasteiger partial charge is 0.423 e. The first-order chi connectivity index (χ1) is 9.60. The van der Waals surface area contributed by atoms with E-state index in [-0.39, 0.29) is 12.8 Å². The van der Waals surface area contributed by atoms with Crippen LogP contribution in [-0.2, 0) is 23.2 Å². The number of carbonyl (C=O) groups is 2. The van der Waals surface area contributed by atoms with Crippen LogP contribution in [0.2, 0.25) is 0 Å². The number of unbranched alkanes of at least 4 members (excludes halogenated alkanes) is 6. The molecule has 118 valence electrons. The molecule has 0 N–H and O–H groups in total. The summed E-state index contributed by atoms with van der Waals surface area (Å²) in [7, 11) is -3.02. The zero-order valence-electron chi connectivity index (χ0n) is 12.6. The van der Waals surface area contributed by atoms with Crippen LogP contribution in [0.5, 0.6) is 0 Å². The summed E-state index contributed by atoms with van der Waals surface area (Å²) in [6, 6.07) is 0. The van der Waals surface area contributed by atoms with Gasteiger partial charge in [0.2, 0.25) is 0 Å². The van der Waals surface area contributed by atoms with Gasteiger partial charge in [0, 0.05) is 12.8 Å². The second-order valence-electron chi connectivity index (χ2n) is 4.82. The molecular formula is C14H27O5P. The zero-order chi connectivity index (χ0) is 15.2. The molecule has 0 aliphatic heterocycles. The van der Waals surface area contributed by atoms with E-state index < -0.39 is 20.2 Å². The molecule has 0 heterocycles. The van der Waals surface area contributed by atoms with E-state index >= 15 is 0 Å². The lowest BCUT2D eigenvalue weighted by Crippen LogP contribution is -2.03. The molecular weight excluding hydrogens is 279 g/mol. The van der Waals surface area contributed by atoms with Crippen molar-refractivity contribution in [1.29, 1.82) is 0 Å². The topological polar surface area (TPSA) is 69.7 Å². The van der Waals surface area contributed by atoms with Crippen molar-refractivity contribution < 1.29 is 23.2 Å². The quantitative estimate of drug-likeness (QED) is 0.395. The SMILES string of the molecule is CCCCCCC(=O)O[PH](=O)OC(=O)CCCCCC. The monoisotopic (exact) mass is 306 g/mol. The van der Waals surface area contributed by atoms with Crippen LogP contribution in [0.25, 0.3) is 0 Å². The van der Waals surface area contributed by atoms with Crippen molar-refractivity contribution in [2.75, 3.05) is 0 Å². The van der Waals surface area contributed by atoms with Crippen LogP contribution >= 0.6 is 8.25 Å². The number of hydrogen-bond acceptors (Lipinski definition) is 5. The Labute approximate surface area is 122 Å². The highest BCUT2D eigenvalue weighted by Crippen LogP contribution is 2.26. The molecule has 0 unspecified atom stereocenters. The molecule has 0 aliphatic rings. The van der Waals surface area contributed by atoms with E-state index in [0.29, 0.717) is 12.8 Å². The third kappa shape index (κ3) is 12.2. The molecule has 0 amide bonds. The zero-order valence-corrected chi connectivity index (χ0v) is 13.6. The van der Waals surface area contributed by atoms with Gasteiger partial charge in [0.05, 0.1) is 0 Å². The molecule has 0 aromatic carbocycles. The summed E-state index contributed by atoms with van der Waals surface area (Å²) in [5.41, 5.74) is 0. The first-order valence-electron chi connectivity index (χ1n) is 7.55. The first-order valence-corrected chi connectivity index (χ1v) is 8.77. The van der Waals surface area contributed by atoms with Gasteiger partial charge in [-0.15, -0.1) is 0 Å². The maximum Gasteiger partial charge on any atom is 0.423 e. The minimum Gasteiger partial charge on any atom is -0.385 e. The van der Waals surface area contributed by atoms with Crippen LogP contribution in [0, 0.1) is 0 Å². The molecule has 20 heavy (non-hydrogen) atoms. The maximum atomic E-state index is 11.3. The maximum absolute atomic E-state index is 11.3. The normalized spacial score (nSPS) is 10.6. The minimum absolute atomic E-state index is 0.227. The lowest BCUT2D eigenvalue weighted by Gasteiger charge is -2.05. The highest BCUT2D eigenvalue weighted by Gasteiger charge is 2.12. The third-order valence-electron chi connectivity index (χ3n) is 2.86. The second kappa shape index (κ2) is 13.2. The van der Waals surface area contributed by atoms with Crippen LogP contribution in [0.15, 0.2) is 0 Å². The Bertz CT molecular complexity index is 276. The van der Waals surface area contributed by atoms with Gasteiger partial charge >= 0.3 is 20.2 Å². The lowest BCUT2D eigenvalue weighted by atomic mass is 10.2. The molecule has 0 aromatic heterocycles. The van der Waals surface area contributed by atoms with Crippen LogP contribution in [0.4, 0.5) is 0 Å². The molecule has 0 saturated heterocycles. The summed E-state index contributed by atoms with van der Waals surface area (Å²) >= 11 is 0. The Kier molecular flexibility index (Phi) is 12.6. The molecule has 0 atom stereocenters. The van der Waals surface area contributed by atoms with Crippen LogP contribution in [0.1, 0.15) is 78.1 Å². The van der Waals surface area contributed by atoms with Gasteiger partial charge in [-0.25, -0.2) is 4.57 Å². The molecule has 0 fully saturated rings. The fraction of sp³-hybridized carbons (Fsp3) is 0.857. The first kappa shape index (κ1) is 19.2. The van der Waals surface area contributed by atoms with E-state index in [1.165, 1.54) is 0 Å². The van der Waals surface area contributed by atoms with Gasteiger partial charge < -0.3 is 9.05 Å². The fourth-order valence-electron chi connectivity index (χ4n) is 1.70. The summed E-state index contributed by atoms with van der Waals surface area (Å²) in [5, 5.41) is 0. The number of hydrogen-bond donors (Lipinski definition) is 0. The van der Waals surface area contributed by atoms with Crippen molar-refractivity contribution >= 4 is 20.2 Å². The van der Waals surface area contributed by atoms with Gasteiger partial charge in [0.25, 0.3) is 0 Å². The second-order valence-corrected chi connectivity index (χ2v) is 5.73. The van der Waals surface area contributed by atoms with E-state index in [9.17, 15) is 14.2 Å². The third-order valence-corrected chi connectivity index (χ3v) is 3.65. The van der Waals surface area contributed by atoms with Crippen molar-refractivity contribution in [1.82, 2.24) is 0 Å². The molecule has 0 aromatic rings. The predicted molar refractivity (Wildman–Crippen MR) is 78.7 cm³/mol. The number of carbonyl (C=O) groups excluding carboxylic acids is 2. The average Bonchev–Trinajstić information content (AvgIpc) is 2.39. The Morgan fingerprint density at radius 1 is 0.750 bits per heavy atom.